The Kier molecular flexibility index (Phi) is 8.12. The summed E-state index contributed by atoms with van der Waals surface area (Å²) in [6.45, 7) is 0. The molecule has 4 nitrogen and oxygen atoms in total. The molecule has 0 spiro atoms. The van der Waals surface area contributed by atoms with Gasteiger partial charge in [-0.25, -0.2) is 15.0 Å². The maximum absolute atomic E-state index is 6.70. The molecule has 0 amide bonds. The Morgan fingerprint density at radius 1 is 0.291 bits per heavy atom. The van der Waals surface area contributed by atoms with Crippen LogP contribution in [0.15, 0.2) is 205 Å². The largest absolute Gasteiger partial charge is 0.455 e. The average Bonchev–Trinajstić information content (AvgIpc) is 3.67. The standard InChI is InChI=1S/C51H33N3O/c1-5-15-34(16-6-1)40-31-41(35-17-7-2-8-18-35)33-42(32-40)36-25-27-37(28-26-36)43-29-30-45(47-44-23-13-14-24-46(44)55-48(43)47)51-53-49(38-19-9-3-10-20-38)52-50(54-51)39-21-11-4-12-22-39/h1-33H. The summed E-state index contributed by atoms with van der Waals surface area (Å²) in [5.74, 6) is 1.84. The minimum Gasteiger partial charge on any atom is -0.455 e. The molecule has 0 N–H and O–H groups in total. The third kappa shape index (κ3) is 6.16. The van der Waals surface area contributed by atoms with Gasteiger partial charge in [0, 0.05) is 33.0 Å². The molecule has 8 aromatic carbocycles. The van der Waals surface area contributed by atoms with Gasteiger partial charge in [0.25, 0.3) is 0 Å². The minimum absolute atomic E-state index is 0.596. The Morgan fingerprint density at radius 2 is 0.691 bits per heavy atom. The van der Waals surface area contributed by atoms with E-state index in [0.717, 1.165) is 60.9 Å². The summed E-state index contributed by atoms with van der Waals surface area (Å²) in [4.78, 5) is 15.1. The van der Waals surface area contributed by atoms with E-state index in [1.807, 2.05) is 78.9 Å². The van der Waals surface area contributed by atoms with E-state index in [1.165, 1.54) is 22.3 Å². The summed E-state index contributed by atoms with van der Waals surface area (Å²) in [6.07, 6.45) is 0. The van der Waals surface area contributed by atoms with Crippen LogP contribution in [-0.4, -0.2) is 15.0 Å². The van der Waals surface area contributed by atoms with Crippen molar-refractivity contribution in [3.63, 3.8) is 0 Å². The fourth-order valence-electron chi connectivity index (χ4n) is 7.40. The van der Waals surface area contributed by atoms with E-state index in [-0.39, 0.29) is 0 Å². The van der Waals surface area contributed by atoms with Crippen molar-refractivity contribution in [1.29, 1.82) is 0 Å². The lowest BCUT2D eigenvalue weighted by molar-refractivity contribution is 0.670. The Labute approximate surface area is 319 Å². The molecular formula is C51H33N3O. The van der Waals surface area contributed by atoms with E-state index in [1.54, 1.807) is 0 Å². The fourth-order valence-corrected chi connectivity index (χ4v) is 7.40. The third-order valence-electron chi connectivity index (χ3n) is 10.1. The zero-order chi connectivity index (χ0) is 36.6. The van der Waals surface area contributed by atoms with Crippen molar-refractivity contribution < 1.29 is 4.42 Å². The highest BCUT2D eigenvalue weighted by molar-refractivity contribution is 6.15. The molecule has 55 heavy (non-hydrogen) atoms. The van der Waals surface area contributed by atoms with Gasteiger partial charge in [-0.15, -0.1) is 0 Å². The molecule has 258 valence electrons. The van der Waals surface area contributed by atoms with Crippen LogP contribution in [0.4, 0.5) is 0 Å². The highest BCUT2D eigenvalue weighted by atomic mass is 16.3. The molecule has 2 aromatic heterocycles. The molecule has 4 heteroatoms. The Bertz CT molecular complexity index is 2820. The average molecular weight is 704 g/mol. The Hall–Kier alpha value is -7.43. The van der Waals surface area contributed by atoms with Crippen LogP contribution in [0.3, 0.4) is 0 Å². The number of para-hydroxylation sites is 1. The van der Waals surface area contributed by atoms with E-state index in [4.69, 9.17) is 19.4 Å². The van der Waals surface area contributed by atoms with Crippen LogP contribution in [0.1, 0.15) is 0 Å². The summed E-state index contributed by atoms with van der Waals surface area (Å²) in [7, 11) is 0. The number of aromatic nitrogens is 3. The van der Waals surface area contributed by atoms with Crippen LogP contribution in [0.25, 0.3) is 101 Å². The molecule has 0 fully saturated rings. The van der Waals surface area contributed by atoms with Crippen LogP contribution in [0.5, 0.6) is 0 Å². The number of furan rings is 1. The van der Waals surface area contributed by atoms with E-state index < -0.39 is 0 Å². The molecule has 0 unspecified atom stereocenters. The lowest BCUT2D eigenvalue weighted by atomic mass is 9.92. The van der Waals surface area contributed by atoms with Gasteiger partial charge >= 0.3 is 0 Å². The SMILES string of the molecule is c1ccc(-c2cc(-c3ccccc3)cc(-c3ccc(-c4ccc(-c5nc(-c6ccccc6)nc(-c6ccccc6)n5)c5c4oc4ccccc45)cc3)c2)cc1. The quantitative estimate of drug-likeness (QED) is 0.166. The normalized spacial score (nSPS) is 11.3. The van der Waals surface area contributed by atoms with Gasteiger partial charge in [0.1, 0.15) is 11.2 Å². The molecule has 0 atom stereocenters. The highest BCUT2D eigenvalue weighted by Gasteiger charge is 2.21. The zero-order valence-corrected chi connectivity index (χ0v) is 29.8. The third-order valence-corrected chi connectivity index (χ3v) is 10.1. The second-order valence-electron chi connectivity index (χ2n) is 13.6. The van der Waals surface area contributed by atoms with Gasteiger partial charge < -0.3 is 4.42 Å². The lowest BCUT2D eigenvalue weighted by Crippen LogP contribution is -2.00. The monoisotopic (exact) mass is 703 g/mol. The second kappa shape index (κ2) is 13.8. The molecule has 0 aliphatic carbocycles. The van der Waals surface area contributed by atoms with Crippen molar-refractivity contribution in [2.45, 2.75) is 0 Å². The van der Waals surface area contributed by atoms with Crippen LogP contribution in [0.2, 0.25) is 0 Å². The molecule has 0 aliphatic heterocycles. The van der Waals surface area contributed by atoms with Crippen LogP contribution in [0, 0.1) is 0 Å². The maximum Gasteiger partial charge on any atom is 0.164 e. The van der Waals surface area contributed by atoms with Crippen molar-refractivity contribution in [2.75, 3.05) is 0 Å². The van der Waals surface area contributed by atoms with Gasteiger partial charge in [-0.1, -0.05) is 164 Å². The number of fused-ring (bicyclic) bond motifs is 3. The number of hydrogen-bond donors (Lipinski definition) is 0. The van der Waals surface area contributed by atoms with Gasteiger partial charge in [0.05, 0.1) is 0 Å². The van der Waals surface area contributed by atoms with Crippen molar-refractivity contribution >= 4 is 21.9 Å². The number of nitrogens with zero attached hydrogens (tertiary/aromatic N) is 3. The summed E-state index contributed by atoms with van der Waals surface area (Å²) < 4.78 is 6.70. The van der Waals surface area contributed by atoms with Crippen LogP contribution in [-0.2, 0) is 0 Å². The summed E-state index contributed by atoms with van der Waals surface area (Å²) in [6, 6.07) is 69.4. The second-order valence-corrected chi connectivity index (χ2v) is 13.6. The van der Waals surface area contributed by atoms with Crippen molar-refractivity contribution in [3.8, 4) is 78.7 Å². The van der Waals surface area contributed by atoms with Crippen molar-refractivity contribution in [1.82, 2.24) is 15.0 Å². The first-order chi connectivity index (χ1) is 27.2. The van der Waals surface area contributed by atoms with Gasteiger partial charge in [-0.2, -0.15) is 0 Å². The highest BCUT2D eigenvalue weighted by Crippen LogP contribution is 2.42. The summed E-state index contributed by atoms with van der Waals surface area (Å²) in [5, 5.41) is 1.99. The molecule has 0 radical (unpaired) electrons. The Balaban J connectivity index is 1.11. The summed E-state index contributed by atoms with van der Waals surface area (Å²) >= 11 is 0. The predicted octanol–water partition coefficient (Wildman–Crippen LogP) is 13.4. The van der Waals surface area contributed by atoms with Crippen molar-refractivity contribution in [2.24, 2.45) is 0 Å². The molecule has 0 aliphatic rings. The first-order valence-electron chi connectivity index (χ1n) is 18.4. The molecule has 10 rings (SSSR count). The predicted molar refractivity (Wildman–Crippen MR) is 225 cm³/mol. The van der Waals surface area contributed by atoms with Gasteiger partial charge in [-0.3, -0.25) is 0 Å². The van der Waals surface area contributed by atoms with E-state index in [2.05, 4.69) is 121 Å². The molecular weight excluding hydrogens is 671 g/mol. The van der Waals surface area contributed by atoms with E-state index >= 15 is 0 Å². The van der Waals surface area contributed by atoms with E-state index in [9.17, 15) is 0 Å². The zero-order valence-electron chi connectivity index (χ0n) is 29.8. The van der Waals surface area contributed by atoms with Crippen molar-refractivity contribution in [3.05, 3.63) is 200 Å². The molecule has 0 saturated carbocycles. The maximum atomic E-state index is 6.70. The van der Waals surface area contributed by atoms with Gasteiger partial charge in [0.2, 0.25) is 0 Å². The van der Waals surface area contributed by atoms with Gasteiger partial charge in [-0.05, 0) is 75.3 Å². The Morgan fingerprint density at radius 3 is 1.22 bits per heavy atom. The summed E-state index contributed by atoms with van der Waals surface area (Å²) in [5.41, 5.74) is 13.5. The van der Waals surface area contributed by atoms with Crippen LogP contribution < -0.4 is 0 Å². The molecule has 0 saturated heterocycles. The number of rotatable bonds is 7. The molecule has 0 bridgehead atoms. The lowest BCUT2D eigenvalue weighted by Gasteiger charge is -2.13. The first kappa shape index (κ1) is 32.2. The minimum atomic E-state index is 0.596. The first-order valence-corrected chi connectivity index (χ1v) is 18.4. The fraction of sp³-hybridized carbons (Fsp3) is 0. The molecule has 2 heterocycles. The number of hydrogen-bond acceptors (Lipinski definition) is 4. The topological polar surface area (TPSA) is 51.8 Å². The van der Waals surface area contributed by atoms with E-state index in [0.29, 0.717) is 17.5 Å². The van der Waals surface area contributed by atoms with Crippen LogP contribution >= 0.6 is 0 Å². The van der Waals surface area contributed by atoms with Gasteiger partial charge in [0.15, 0.2) is 17.5 Å². The molecule has 10 aromatic rings. The smallest absolute Gasteiger partial charge is 0.164 e. The number of benzene rings is 8.